The summed E-state index contributed by atoms with van der Waals surface area (Å²) >= 11 is 0. The molecule has 0 bridgehead atoms. The van der Waals surface area contributed by atoms with E-state index in [0.29, 0.717) is 18.9 Å². The molecule has 100 valence electrons. The highest BCUT2D eigenvalue weighted by Crippen LogP contribution is 2.12. The molecule has 0 aromatic carbocycles. The molecule has 0 amide bonds. The first-order valence-electron chi connectivity index (χ1n) is 5.98. The zero-order valence-electron chi connectivity index (χ0n) is 10.9. The van der Waals surface area contributed by atoms with Crippen LogP contribution in [0.15, 0.2) is 12.3 Å². The van der Waals surface area contributed by atoms with Crippen molar-refractivity contribution >= 4 is 11.9 Å². The number of anilines is 1. The second-order valence-corrected chi connectivity index (χ2v) is 4.32. The van der Waals surface area contributed by atoms with Crippen LogP contribution in [-0.2, 0) is 4.79 Å². The molecular formula is C12H19N3O3. The van der Waals surface area contributed by atoms with Gasteiger partial charge in [0.1, 0.15) is 6.04 Å². The van der Waals surface area contributed by atoms with E-state index in [1.54, 1.807) is 6.07 Å². The Hall–Kier alpha value is -1.85. The van der Waals surface area contributed by atoms with E-state index in [1.807, 2.05) is 20.8 Å². The van der Waals surface area contributed by atoms with E-state index >= 15 is 0 Å². The number of aliphatic carboxylic acids is 1. The summed E-state index contributed by atoms with van der Waals surface area (Å²) in [6.07, 6.45) is 2.05. The zero-order chi connectivity index (χ0) is 13.5. The molecule has 1 heterocycles. The smallest absolute Gasteiger partial charge is 0.326 e. The predicted octanol–water partition coefficient (Wildman–Crippen LogP) is 1.79. The number of carboxylic acid groups (broad SMARTS) is 1. The number of nitrogens with one attached hydrogen (secondary N) is 1. The van der Waals surface area contributed by atoms with Gasteiger partial charge in [-0.05, 0) is 19.3 Å². The predicted molar refractivity (Wildman–Crippen MR) is 67.7 cm³/mol. The third-order valence-corrected chi connectivity index (χ3v) is 2.23. The van der Waals surface area contributed by atoms with Crippen molar-refractivity contribution in [3.8, 4) is 5.88 Å². The normalized spacial score (nSPS) is 12.2. The van der Waals surface area contributed by atoms with Crippen molar-refractivity contribution in [2.45, 2.75) is 33.2 Å². The first kappa shape index (κ1) is 14.2. The van der Waals surface area contributed by atoms with Crippen LogP contribution in [0.4, 0.5) is 5.95 Å². The number of carbonyl (C=O) groups is 1. The van der Waals surface area contributed by atoms with Crippen molar-refractivity contribution in [3.63, 3.8) is 0 Å². The fourth-order valence-electron chi connectivity index (χ4n) is 1.49. The molecule has 0 aliphatic rings. The average molecular weight is 253 g/mol. The van der Waals surface area contributed by atoms with Gasteiger partial charge in [-0.2, -0.15) is 4.98 Å². The minimum atomic E-state index is -0.908. The lowest BCUT2D eigenvalue weighted by Gasteiger charge is -2.16. The number of carboxylic acids is 1. The number of aromatic nitrogens is 2. The molecule has 0 fully saturated rings. The van der Waals surface area contributed by atoms with Crippen molar-refractivity contribution in [2.24, 2.45) is 5.92 Å². The van der Waals surface area contributed by atoms with E-state index in [1.165, 1.54) is 6.20 Å². The van der Waals surface area contributed by atoms with E-state index in [2.05, 4.69) is 15.3 Å². The minimum Gasteiger partial charge on any atom is -0.480 e. The maximum atomic E-state index is 11.1. The summed E-state index contributed by atoms with van der Waals surface area (Å²) in [6.45, 7) is 6.29. The molecule has 1 rings (SSSR count). The van der Waals surface area contributed by atoms with Gasteiger partial charge in [-0.3, -0.25) is 0 Å². The summed E-state index contributed by atoms with van der Waals surface area (Å²) in [7, 11) is 0. The third kappa shape index (κ3) is 4.57. The summed E-state index contributed by atoms with van der Waals surface area (Å²) in [5.74, 6) is 0.0699. The number of hydrogen-bond acceptors (Lipinski definition) is 5. The van der Waals surface area contributed by atoms with Crippen LogP contribution in [0.5, 0.6) is 5.88 Å². The van der Waals surface area contributed by atoms with Crippen LogP contribution < -0.4 is 10.1 Å². The highest BCUT2D eigenvalue weighted by Gasteiger charge is 2.19. The van der Waals surface area contributed by atoms with Gasteiger partial charge in [-0.1, -0.05) is 13.8 Å². The standard InChI is InChI=1S/C12H19N3O3/c1-4-18-10-5-6-13-12(15-10)14-9(11(16)17)7-8(2)3/h5-6,8-9H,4,7H2,1-3H3,(H,16,17)(H,13,14,15). The van der Waals surface area contributed by atoms with Crippen LogP contribution in [0.3, 0.4) is 0 Å². The van der Waals surface area contributed by atoms with Crippen LogP contribution >= 0.6 is 0 Å². The van der Waals surface area contributed by atoms with Crippen molar-refractivity contribution in [3.05, 3.63) is 12.3 Å². The van der Waals surface area contributed by atoms with Gasteiger partial charge in [0.2, 0.25) is 11.8 Å². The number of rotatable bonds is 7. The first-order chi connectivity index (χ1) is 8.52. The summed E-state index contributed by atoms with van der Waals surface area (Å²) in [5, 5.41) is 11.9. The van der Waals surface area contributed by atoms with E-state index in [-0.39, 0.29) is 11.9 Å². The van der Waals surface area contributed by atoms with Crippen LogP contribution in [0.1, 0.15) is 27.2 Å². The Morgan fingerprint density at radius 3 is 2.83 bits per heavy atom. The Kier molecular flexibility index (Phi) is 5.35. The van der Waals surface area contributed by atoms with Crippen LogP contribution in [-0.4, -0.2) is 33.7 Å². The van der Waals surface area contributed by atoms with Crippen molar-refractivity contribution in [1.29, 1.82) is 0 Å². The second-order valence-electron chi connectivity index (χ2n) is 4.32. The Bertz CT molecular complexity index is 396. The average Bonchev–Trinajstić information content (AvgIpc) is 2.28. The quantitative estimate of drug-likeness (QED) is 0.770. The topological polar surface area (TPSA) is 84.3 Å². The molecular weight excluding hydrogens is 234 g/mol. The molecule has 6 heteroatoms. The summed E-state index contributed by atoms with van der Waals surface area (Å²) in [4.78, 5) is 19.2. The van der Waals surface area contributed by atoms with Gasteiger partial charge in [-0.15, -0.1) is 0 Å². The molecule has 1 atom stereocenters. The fraction of sp³-hybridized carbons (Fsp3) is 0.583. The minimum absolute atomic E-state index is 0.272. The Labute approximate surface area is 106 Å². The molecule has 2 N–H and O–H groups in total. The molecule has 0 aliphatic carbocycles. The molecule has 6 nitrogen and oxygen atoms in total. The number of ether oxygens (including phenoxy) is 1. The number of hydrogen-bond donors (Lipinski definition) is 2. The van der Waals surface area contributed by atoms with E-state index in [4.69, 9.17) is 9.84 Å². The molecule has 0 aliphatic heterocycles. The summed E-state index contributed by atoms with van der Waals surface area (Å²) in [6, 6.07) is 0.939. The molecule has 0 radical (unpaired) electrons. The Morgan fingerprint density at radius 1 is 1.56 bits per heavy atom. The molecule has 1 unspecified atom stereocenters. The van der Waals surface area contributed by atoms with Crippen LogP contribution in [0.25, 0.3) is 0 Å². The van der Waals surface area contributed by atoms with Gasteiger partial charge in [-0.25, -0.2) is 9.78 Å². The molecule has 0 saturated heterocycles. The first-order valence-corrected chi connectivity index (χ1v) is 5.98. The zero-order valence-corrected chi connectivity index (χ0v) is 10.9. The van der Waals surface area contributed by atoms with Crippen molar-refractivity contribution in [1.82, 2.24) is 9.97 Å². The second kappa shape index (κ2) is 6.78. The van der Waals surface area contributed by atoms with E-state index < -0.39 is 12.0 Å². The SMILES string of the molecule is CCOc1ccnc(NC(CC(C)C)C(=O)O)n1. The Balaban J connectivity index is 2.73. The van der Waals surface area contributed by atoms with Gasteiger partial charge < -0.3 is 15.2 Å². The van der Waals surface area contributed by atoms with Crippen LogP contribution in [0, 0.1) is 5.92 Å². The van der Waals surface area contributed by atoms with Crippen LogP contribution in [0.2, 0.25) is 0 Å². The molecule has 18 heavy (non-hydrogen) atoms. The summed E-state index contributed by atoms with van der Waals surface area (Å²) in [5.41, 5.74) is 0. The van der Waals surface area contributed by atoms with Gasteiger partial charge in [0, 0.05) is 12.3 Å². The monoisotopic (exact) mass is 253 g/mol. The molecule has 1 aromatic heterocycles. The van der Waals surface area contributed by atoms with E-state index in [0.717, 1.165) is 0 Å². The van der Waals surface area contributed by atoms with Gasteiger partial charge in [0.25, 0.3) is 0 Å². The largest absolute Gasteiger partial charge is 0.480 e. The lowest BCUT2D eigenvalue weighted by molar-refractivity contribution is -0.138. The van der Waals surface area contributed by atoms with Crippen molar-refractivity contribution < 1.29 is 14.6 Å². The number of nitrogens with zero attached hydrogens (tertiary/aromatic N) is 2. The maximum Gasteiger partial charge on any atom is 0.326 e. The molecule has 1 aromatic rings. The maximum absolute atomic E-state index is 11.1. The summed E-state index contributed by atoms with van der Waals surface area (Å²) < 4.78 is 5.23. The highest BCUT2D eigenvalue weighted by molar-refractivity contribution is 5.76. The molecule has 0 spiro atoms. The third-order valence-electron chi connectivity index (χ3n) is 2.23. The van der Waals surface area contributed by atoms with Gasteiger partial charge in [0.15, 0.2) is 0 Å². The van der Waals surface area contributed by atoms with E-state index in [9.17, 15) is 4.79 Å². The molecule has 0 saturated carbocycles. The lowest BCUT2D eigenvalue weighted by Crippen LogP contribution is -2.31. The lowest BCUT2D eigenvalue weighted by atomic mass is 10.0. The Morgan fingerprint density at radius 2 is 2.28 bits per heavy atom. The van der Waals surface area contributed by atoms with Gasteiger partial charge in [0.05, 0.1) is 6.61 Å². The van der Waals surface area contributed by atoms with Gasteiger partial charge >= 0.3 is 5.97 Å². The fourth-order valence-corrected chi connectivity index (χ4v) is 1.49. The van der Waals surface area contributed by atoms with Crippen molar-refractivity contribution in [2.75, 3.05) is 11.9 Å². The highest BCUT2D eigenvalue weighted by atomic mass is 16.5.